The van der Waals surface area contributed by atoms with Crippen LogP contribution in [0.2, 0.25) is 0 Å². The van der Waals surface area contributed by atoms with E-state index in [0.717, 1.165) is 9.25 Å². The number of benzene rings is 2. The van der Waals surface area contributed by atoms with Crippen molar-refractivity contribution >= 4 is 5.91 Å². The molecule has 0 saturated carbocycles. The van der Waals surface area contributed by atoms with E-state index in [1.807, 2.05) is 0 Å². The highest BCUT2D eigenvalue weighted by atomic mass is 19.1. The minimum atomic E-state index is -0.912. The third-order valence-electron chi connectivity index (χ3n) is 5.29. The van der Waals surface area contributed by atoms with Crippen LogP contribution >= 0.6 is 0 Å². The summed E-state index contributed by atoms with van der Waals surface area (Å²) >= 11 is 0. The summed E-state index contributed by atoms with van der Waals surface area (Å²) in [4.78, 5) is 43.5. The molecule has 0 saturated heterocycles. The zero-order valence-corrected chi connectivity index (χ0v) is 19.5. The second-order valence-corrected chi connectivity index (χ2v) is 7.65. The number of pyridine rings is 1. The number of nitrogens with one attached hydrogen (secondary N) is 1. The molecule has 2 aromatic carbocycles. The summed E-state index contributed by atoms with van der Waals surface area (Å²) in [6, 6.07) is 13.5. The largest absolute Gasteiger partial charge is 0.493 e. The number of ether oxygens (including phenoxy) is 2. The van der Waals surface area contributed by atoms with Gasteiger partial charge in [-0.3, -0.25) is 19.1 Å². The van der Waals surface area contributed by atoms with Crippen molar-refractivity contribution in [2.75, 3.05) is 14.2 Å². The highest BCUT2D eigenvalue weighted by molar-refractivity contribution is 5.91. The van der Waals surface area contributed by atoms with Gasteiger partial charge >= 0.3 is 5.69 Å². The Balaban J connectivity index is 1.82. The monoisotopic (exact) mass is 491 g/mol. The Morgan fingerprint density at radius 3 is 2.47 bits per heavy atom. The van der Waals surface area contributed by atoms with E-state index >= 15 is 0 Å². The zero-order chi connectivity index (χ0) is 25.7. The summed E-state index contributed by atoms with van der Waals surface area (Å²) in [5.74, 6) is -0.582. The highest BCUT2D eigenvalue weighted by Gasteiger charge is 2.21. The lowest BCUT2D eigenvalue weighted by Gasteiger charge is -2.14. The summed E-state index contributed by atoms with van der Waals surface area (Å²) in [5.41, 5.74) is -0.943. The molecule has 0 aliphatic heterocycles. The molecule has 184 valence electrons. The van der Waals surface area contributed by atoms with Gasteiger partial charge in [0.05, 0.1) is 26.5 Å². The molecular formula is C25H22FN5O5. The van der Waals surface area contributed by atoms with Gasteiger partial charge in [-0.05, 0) is 41.5 Å². The lowest BCUT2D eigenvalue weighted by atomic mass is 10.2. The molecule has 1 amide bonds. The summed E-state index contributed by atoms with van der Waals surface area (Å²) in [7, 11) is 2.89. The number of amides is 1. The number of carbonyl (C=O) groups is 1. The fraction of sp³-hybridized carbons (Fsp3) is 0.160. The maximum Gasteiger partial charge on any atom is 0.352 e. The van der Waals surface area contributed by atoms with Gasteiger partial charge in [0.1, 0.15) is 5.82 Å². The summed E-state index contributed by atoms with van der Waals surface area (Å²) in [6.07, 6.45) is 3.16. The molecule has 10 nitrogen and oxygen atoms in total. The minimum absolute atomic E-state index is 0.0905. The average molecular weight is 491 g/mol. The molecule has 11 heteroatoms. The van der Waals surface area contributed by atoms with Gasteiger partial charge in [-0.15, -0.1) is 0 Å². The van der Waals surface area contributed by atoms with E-state index in [1.165, 1.54) is 44.6 Å². The number of nitrogens with zero attached hydrogens (tertiary/aromatic N) is 4. The normalized spacial score (nSPS) is 10.6. The number of aromatic nitrogens is 4. The van der Waals surface area contributed by atoms with Crippen LogP contribution in [-0.4, -0.2) is 39.5 Å². The van der Waals surface area contributed by atoms with Crippen LogP contribution in [0, 0.1) is 5.82 Å². The zero-order valence-electron chi connectivity index (χ0n) is 19.5. The van der Waals surface area contributed by atoms with E-state index in [9.17, 15) is 18.8 Å². The second-order valence-electron chi connectivity index (χ2n) is 7.65. The lowest BCUT2D eigenvalue weighted by Crippen LogP contribution is -2.46. The van der Waals surface area contributed by atoms with Crippen molar-refractivity contribution in [1.82, 2.24) is 24.6 Å². The van der Waals surface area contributed by atoms with Crippen molar-refractivity contribution in [3.8, 4) is 17.2 Å². The van der Waals surface area contributed by atoms with Gasteiger partial charge in [0.15, 0.2) is 11.5 Å². The minimum Gasteiger partial charge on any atom is -0.493 e. The molecule has 4 aromatic rings. The molecule has 36 heavy (non-hydrogen) atoms. The first-order valence-corrected chi connectivity index (χ1v) is 10.8. The van der Waals surface area contributed by atoms with E-state index < -0.39 is 28.7 Å². The Bertz CT molecular complexity index is 1520. The third-order valence-corrected chi connectivity index (χ3v) is 5.29. The molecule has 0 fully saturated rings. The predicted molar refractivity (Wildman–Crippen MR) is 128 cm³/mol. The van der Waals surface area contributed by atoms with Crippen molar-refractivity contribution in [3.05, 3.63) is 110 Å². The van der Waals surface area contributed by atoms with Crippen LogP contribution in [0.4, 0.5) is 4.39 Å². The number of hydrogen-bond donors (Lipinski definition) is 1. The van der Waals surface area contributed by atoms with E-state index in [-0.39, 0.29) is 18.8 Å². The first-order chi connectivity index (χ1) is 17.4. The standard InChI is InChI=1S/C25H22FN5O5/c1-35-20-9-8-19(12-21(20)36-2)31-25(34)30(15-16-5-3-7-18(26)11-16)24(33)22(29-31)23(32)28-14-17-6-4-10-27-13-17/h3-13H,14-15H2,1-2H3,(H,28,32). The van der Waals surface area contributed by atoms with E-state index in [4.69, 9.17) is 9.47 Å². The average Bonchev–Trinajstić information content (AvgIpc) is 2.90. The van der Waals surface area contributed by atoms with Crippen LogP contribution in [0.15, 0.2) is 76.6 Å². The molecule has 0 bridgehead atoms. The Morgan fingerprint density at radius 2 is 1.78 bits per heavy atom. The van der Waals surface area contributed by atoms with E-state index in [0.29, 0.717) is 22.6 Å². The van der Waals surface area contributed by atoms with Gasteiger partial charge in [-0.1, -0.05) is 18.2 Å². The smallest absolute Gasteiger partial charge is 0.352 e. The molecule has 0 atom stereocenters. The van der Waals surface area contributed by atoms with Crippen molar-refractivity contribution in [1.29, 1.82) is 0 Å². The van der Waals surface area contributed by atoms with Crippen LogP contribution in [0.25, 0.3) is 5.69 Å². The molecule has 0 aliphatic carbocycles. The number of methoxy groups -OCH3 is 2. The molecule has 1 N–H and O–H groups in total. The first kappa shape index (κ1) is 24.3. The molecule has 0 aliphatic rings. The first-order valence-electron chi connectivity index (χ1n) is 10.8. The Kier molecular flexibility index (Phi) is 7.19. The highest BCUT2D eigenvalue weighted by Crippen LogP contribution is 2.28. The molecule has 4 rings (SSSR count). The van der Waals surface area contributed by atoms with Crippen LogP contribution in [0.1, 0.15) is 21.6 Å². The molecular weight excluding hydrogens is 469 g/mol. The summed E-state index contributed by atoms with van der Waals surface area (Å²) in [5, 5.41) is 6.70. The lowest BCUT2D eigenvalue weighted by molar-refractivity contribution is 0.0941. The molecule has 0 radical (unpaired) electrons. The topological polar surface area (TPSA) is 117 Å². The number of carbonyl (C=O) groups excluding carboxylic acids is 1. The summed E-state index contributed by atoms with van der Waals surface area (Å²) < 4.78 is 26.0. The number of halogens is 1. The van der Waals surface area contributed by atoms with Crippen LogP contribution < -0.4 is 26.0 Å². The van der Waals surface area contributed by atoms with Crippen molar-refractivity contribution in [2.24, 2.45) is 0 Å². The maximum absolute atomic E-state index is 13.8. The summed E-state index contributed by atoms with van der Waals surface area (Å²) in [6.45, 7) is -0.179. The number of rotatable bonds is 8. The van der Waals surface area contributed by atoms with E-state index in [1.54, 1.807) is 36.7 Å². The quantitative estimate of drug-likeness (QED) is 0.400. The van der Waals surface area contributed by atoms with Gasteiger partial charge in [0, 0.05) is 25.0 Å². The number of hydrogen-bond acceptors (Lipinski definition) is 7. The van der Waals surface area contributed by atoms with E-state index in [2.05, 4.69) is 15.4 Å². The maximum atomic E-state index is 13.8. The second kappa shape index (κ2) is 10.6. The fourth-order valence-corrected chi connectivity index (χ4v) is 3.51. The van der Waals surface area contributed by atoms with Gasteiger partial charge in [0.2, 0.25) is 5.69 Å². The van der Waals surface area contributed by atoms with Crippen molar-refractivity contribution < 1.29 is 18.7 Å². The molecule has 0 spiro atoms. The predicted octanol–water partition coefficient (Wildman–Crippen LogP) is 1.92. The van der Waals surface area contributed by atoms with Crippen LogP contribution in [-0.2, 0) is 13.1 Å². The van der Waals surface area contributed by atoms with Gasteiger partial charge in [-0.2, -0.15) is 9.78 Å². The molecule has 0 unspecified atom stereocenters. The van der Waals surface area contributed by atoms with Crippen molar-refractivity contribution in [2.45, 2.75) is 13.1 Å². The fourth-order valence-electron chi connectivity index (χ4n) is 3.51. The molecule has 2 aromatic heterocycles. The Labute approximate surface area is 204 Å². The Hall–Kier alpha value is -4.80. The van der Waals surface area contributed by atoms with Gasteiger partial charge in [-0.25, -0.2) is 9.18 Å². The SMILES string of the molecule is COc1ccc(-n2nc(C(=O)NCc3cccnc3)c(=O)n(Cc3cccc(F)c3)c2=O)cc1OC. The third kappa shape index (κ3) is 5.14. The Morgan fingerprint density at radius 1 is 1.00 bits per heavy atom. The van der Waals surface area contributed by atoms with Gasteiger partial charge in [0.25, 0.3) is 11.5 Å². The van der Waals surface area contributed by atoms with Crippen LogP contribution in [0.3, 0.4) is 0 Å². The molecule has 2 heterocycles. The van der Waals surface area contributed by atoms with Crippen LogP contribution in [0.5, 0.6) is 11.5 Å². The van der Waals surface area contributed by atoms with Crippen molar-refractivity contribution in [3.63, 3.8) is 0 Å². The van der Waals surface area contributed by atoms with Gasteiger partial charge < -0.3 is 14.8 Å².